The van der Waals surface area contributed by atoms with Gasteiger partial charge in [-0.2, -0.15) is 0 Å². The number of allylic oxidation sites excluding steroid dienone is 3. The molecule has 32 heavy (non-hydrogen) atoms. The molecule has 0 aromatic heterocycles. The van der Waals surface area contributed by atoms with Crippen LogP contribution < -0.4 is 9.47 Å². The molecule has 0 radical (unpaired) electrons. The average Bonchev–Trinajstić information content (AvgIpc) is 2.75. The molecule has 0 aliphatic heterocycles. The third-order valence-corrected chi connectivity index (χ3v) is 6.32. The first kappa shape index (κ1) is 24.3. The summed E-state index contributed by atoms with van der Waals surface area (Å²) in [6.07, 6.45) is 8.76. The van der Waals surface area contributed by atoms with E-state index in [1.54, 1.807) is 0 Å². The van der Waals surface area contributed by atoms with Gasteiger partial charge in [-0.25, -0.2) is 8.78 Å². The number of hydrogen-bond acceptors (Lipinski definition) is 3. The fourth-order valence-corrected chi connectivity index (χ4v) is 4.44. The van der Waals surface area contributed by atoms with Crippen LogP contribution in [0.15, 0.2) is 36.9 Å². The zero-order valence-electron chi connectivity index (χ0n) is 17.7. The summed E-state index contributed by atoms with van der Waals surface area (Å²) in [5, 5.41) is 0. The van der Waals surface area contributed by atoms with Crippen molar-refractivity contribution in [2.24, 2.45) is 23.7 Å². The minimum absolute atomic E-state index is 0.380. The highest BCUT2D eigenvalue weighted by Crippen LogP contribution is 2.35. The van der Waals surface area contributed by atoms with Gasteiger partial charge in [0.25, 0.3) is 0 Å². The van der Waals surface area contributed by atoms with Crippen LogP contribution in [-0.2, 0) is 4.79 Å². The molecular formula is C24H27F5O3. The number of ether oxygens (including phenoxy) is 2. The average molecular weight is 458 g/mol. The number of alkyl halides is 3. The molecule has 3 rings (SSSR count). The van der Waals surface area contributed by atoms with Gasteiger partial charge in [-0.15, -0.1) is 19.8 Å². The molecule has 2 fully saturated rings. The maximum atomic E-state index is 13.8. The molecule has 1 aromatic rings. The third kappa shape index (κ3) is 6.81. The maximum Gasteiger partial charge on any atom is 0.573 e. The fourth-order valence-electron chi connectivity index (χ4n) is 4.44. The van der Waals surface area contributed by atoms with Crippen LogP contribution in [-0.4, -0.2) is 12.3 Å². The summed E-state index contributed by atoms with van der Waals surface area (Å²) >= 11 is 0. The van der Waals surface area contributed by atoms with Crippen LogP contribution in [0.2, 0.25) is 0 Å². The van der Waals surface area contributed by atoms with Gasteiger partial charge < -0.3 is 9.47 Å². The standard InChI is InChI=1S/C24H27F5O3/c1-2-15-3-5-16(6-4-15)7-8-17-9-11-18(12-10-17)23(30)31-19-13-20(25)22(21(26)14-19)32-24(27,28)29/h2,7-8,13-18H,1,3-6,9-12H2/b8-7+. The maximum absolute atomic E-state index is 13.8. The van der Waals surface area contributed by atoms with Gasteiger partial charge in [-0.1, -0.05) is 18.2 Å². The lowest BCUT2D eigenvalue weighted by Gasteiger charge is -2.27. The van der Waals surface area contributed by atoms with E-state index in [1.165, 1.54) is 12.8 Å². The molecule has 2 aliphatic carbocycles. The quantitative estimate of drug-likeness (QED) is 0.197. The molecule has 0 heterocycles. The highest BCUT2D eigenvalue weighted by atomic mass is 19.4. The van der Waals surface area contributed by atoms with E-state index in [-0.39, 0.29) is 0 Å². The van der Waals surface area contributed by atoms with Crippen LogP contribution in [0.3, 0.4) is 0 Å². The van der Waals surface area contributed by atoms with E-state index in [4.69, 9.17) is 4.74 Å². The number of esters is 1. The summed E-state index contributed by atoms with van der Waals surface area (Å²) in [4.78, 5) is 12.4. The molecule has 0 bridgehead atoms. The zero-order chi connectivity index (χ0) is 23.3. The first-order valence-electron chi connectivity index (χ1n) is 10.9. The largest absolute Gasteiger partial charge is 0.573 e. The summed E-state index contributed by atoms with van der Waals surface area (Å²) in [6.45, 7) is 3.86. The highest BCUT2D eigenvalue weighted by Gasteiger charge is 2.34. The molecule has 8 heteroatoms. The predicted octanol–water partition coefficient (Wildman–Crippen LogP) is 7.12. The number of benzene rings is 1. The van der Waals surface area contributed by atoms with E-state index in [0.29, 0.717) is 42.7 Å². The van der Waals surface area contributed by atoms with Crippen molar-refractivity contribution in [3.8, 4) is 11.5 Å². The van der Waals surface area contributed by atoms with Crippen molar-refractivity contribution in [2.75, 3.05) is 0 Å². The van der Waals surface area contributed by atoms with Gasteiger partial charge in [0, 0.05) is 12.1 Å². The molecule has 0 unspecified atom stereocenters. The Bertz CT molecular complexity index is 810. The lowest BCUT2D eigenvalue weighted by molar-refractivity contribution is -0.276. The highest BCUT2D eigenvalue weighted by molar-refractivity contribution is 5.75. The number of rotatable bonds is 6. The summed E-state index contributed by atoms with van der Waals surface area (Å²) < 4.78 is 72.6. The van der Waals surface area contributed by atoms with E-state index in [9.17, 15) is 26.7 Å². The minimum atomic E-state index is -5.24. The van der Waals surface area contributed by atoms with E-state index in [0.717, 1.165) is 25.7 Å². The predicted molar refractivity (Wildman–Crippen MR) is 109 cm³/mol. The van der Waals surface area contributed by atoms with E-state index >= 15 is 0 Å². The number of halogens is 5. The van der Waals surface area contributed by atoms with E-state index in [2.05, 4.69) is 23.5 Å². The number of carbonyl (C=O) groups excluding carboxylic acids is 1. The Balaban J connectivity index is 1.48. The van der Waals surface area contributed by atoms with Gasteiger partial charge in [0.15, 0.2) is 11.6 Å². The molecule has 1 aromatic carbocycles. The summed E-state index contributed by atoms with van der Waals surface area (Å²) in [6, 6.07) is 1.02. The molecule has 0 saturated heterocycles. The SMILES string of the molecule is C=CC1CCC(/C=C/C2CCC(C(=O)Oc3cc(F)c(OC(F)(F)F)c(F)c3)CC2)CC1. The molecule has 2 saturated carbocycles. The number of carbonyl (C=O) groups is 1. The molecule has 0 amide bonds. The molecule has 0 N–H and O–H groups in total. The topological polar surface area (TPSA) is 35.5 Å². The monoisotopic (exact) mass is 458 g/mol. The van der Waals surface area contributed by atoms with Crippen molar-refractivity contribution in [3.05, 3.63) is 48.6 Å². The van der Waals surface area contributed by atoms with Crippen molar-refractivity contribution >= 4 is 5.97 Å². The van der Waals surface area contributed by atoms with E-state index in [1.807, 2.05) is 6.08 Å². The Kier molecular flexibility index (Phi) is 7.96. The Labute approximate surface area is 184 Å². The van der Waals surface area contributed by atoms with Crippen molar-refractivity contribution in [1.82, 2.24) is 0 Å². The van der Waals surface area contributed by atoms with Crippen LogP contribution in [0.5, 0.6) is 11.5 Å². The van der Waals surface area contributed by atoms with Crippen LogP contribution in [0.1, 0.15) is 51.4 Å². The molecule has 176 valence electrons. The lowest BCUT2D eigenvalue weighted by atomic mass is 9.79. The molecule has 0 spiro atoms. The van der Waals surface area contributed by atoms with Crippen molar-refractivity contribution < 1.29 is 36.2 Å². The number of hydrogen-bond donors (Lipinski definition) is 0. The molecule has 2 aliphatic rings. The van der Waals surface area contributed by atoms with Gasteiger partial charge in [-0.05, 0) is 69.1 Å². The molecule has 0 atom stereocenters. The normalized spacial score (nSPS) is 26.7. The van der Waals surface area contributed by atoms with Crippen LogP contribution in [0.4, 0.5) is 22.0 Å². The van der Waals surface area contributed by atoms with Crippen LogP contribution >= 0.6 is 0 Å². The van der Waals surface area contributed by atoms with Crippen LogP contribution in [0.25, 0.3) is 0 Å². The van der Waals surface area contributed by atoms with Crippen molar-refractivity contribution in [3.63, 3.8) is 0 Å². The van der Waals surface area contributed by atoms with Gasteiger partial charge >= 0.3 is 12.3 Å². The Morgan fingerprint density at radius 2 is 1.34 bits per heavy atom. The van der Waals surface area contributed by atoms with Gasteiger partial charge in [0.2, 0.25) is 5.75 Å². The Hall–Kier alpha value is -2.38. The van der Waals surface area contributed by atoms with Gasteiger partial charge in [0.1, 0.15) is 5.75 Å². The van der Waals surface area contributed by atoms with Crippen LogP contribution in [0, 0.1) is 35.3 Å². The second-order valence-corrected chi connectivity index (χ2v) is 8.59. The molecular weight excluding hydrogens is 431 g/mol. The van der Waals surface area contributed by atoms with Gasteiger partial charge in [-0.3, -0.25) is 4.79 Å². The summed E-state index contributed by atoms with van der Waals surface area (Å²) in [5.74, 6) is -4.73. The fraction of sp³-hybridized carbons (Fsp3) is 0.542. The molecule has 3 nitrogen and oxygen atoms in total. The lowest BCUT2D eigenvalue weighted by Crippen LogP contribution is -2.25. The van der Waals surface area contributed by atoms with E-state index < -0.39 is 41.4 Å². The first-order chi connectivity index (χ1) is 15.1. The third-order valence-electron chi connectivity index (χ3n) is 6.32. The minimum Gasteiger partial charge on any atom is -0.426 e. The smallest absolute Gasteiger partial charge is 0.426 e. The summed E-state index contributed by atoms with van der Waals surface area (Å²) in [7, 11) is 0. The Morgan fingerprint density at radius 1 is 0.875 bits per heavy atom. The zero-order valence-corrected chi connectivity index (χ0v) is 17.7. The first-order valence-corrected chi connectivity index (χ1v) is 10.9. The van der Waals surface area contributed by atoms with Gasteiger partial charge in [0.05, 0.1) is 5.92 Å². The Morgan fingerprint density at radius 3 is 1.81 bits per heavy atom. The second-order valence-electron chi connectivity index (χ2n) is 8.59. The second kappa shape index (κ2) is 10.5. The summed E-state index contributed by atoms with van der Waals surface area (Å²) in [5.41, 5.74) is 0. The van der Waals surface area contributed by atoms with Crippen molar-refractivity contribution in [2.45, 2.75) is 57.7 Å². The van der Waals surface area contributed by atoms with Crippen molar-refractivity contribution in [1.29, 1.82) is 0 Å².